The first kappa shape index (κ1) is 16.4. The highest BCUT2D eigenvalue weighted by Crippen LogP contribution is 2.26. The molecule has 1 aromatic rings. The average Bonchev–Trinajstić information content (AvgIpc) is 2.73. The van der Waals surface area contributed by atoms with Crippen LogP contribution in [-0.2, 0) is 11.2 Å². The summed E-state index contributed by atoms with van der Waals surface area (Å²) in [4.78, 5) is 14.6. The van der Waals surface area contributed by atoms with E-state index >= 15 is 0 Å². The van der Waals surface area contributed by atoms with Crippen LogP contribution < -0.4 is 5.32 Å². The fourth-order valence-corrected chi connectivity index (χ4v) is 2.96. The molecule has 2 atom stereocenters. The number of hydrogen-bond acceptors (Lipinski definition) is 3. The van der Waals surface area contributed by atoms with Gasteiger partial charge in [-0.3, -0.25) is 10.1 Å². The van der Waals surface area contributed by atoms with Crippen LogP contribution in [0, 0.1) is 0 Å². The van der Waals surface area contributed by atoms with E-state index in [0.29, 0.717) is 0 Å². The van der Waals surface area contributed by atoms with E-state index in [1.54, 1.807) is 0 Å². The molecule has 116 valence electrons. The molecule has 0 radical (unpaired) electrons. The number of aryl methyl sites for hydroxylation is 1. The van der Waals surface area contributed by atoms with Gasteiger partial charge in [0.15, 0.2) is 0 Å². The Morgan fingerprint density at radius 3 is 2.57 bits per heavy atom. The molecule has 1 fully saturated rings. The van der Waals surface area contributed by atoms with Crippen molar-refractivity contribution in [1.82, 2.24) is 10.2 Å². The average molecular weight is 306 g/mol. The number of carbonyl (C=O) groups is 1. The van der Waals surface area contributed by atoms with Crippen molar-refractivity contribution in [1.29, 1.82) is 0 Å². The maximum atomic E-state index is 12.6. The minimum atomic E-state index is -0.0436. The van der Waals surface area contributed by atoms with E-state index in [4.69, 9.17) is 0 Å². The fourth-order valence-electron chi connectivity index (χ4n) is 2.70. The van der Waals surface area contributed by atoms with E-state index < -0.39 is 0 Å². The molecule has 21 heavy (non-hydrogen) atoms. The molecule has 0 aromatic heterocycles. The molecule has 0 aliphatic carbocycles. The fraction of sp³-hybridized carbons (Fsp3) is 0.588. The molecule has 1 heterocycles. The molecule has 1 aliphatic rings. The van der Waals surface area contributed by atoms with Gasteiger partial charge in [-0.25, -0.2) is 0 Å². The van der Waals surface area contributed by atoms with Crippen LogP contribution >= 0.6 is 11.8 Å². The van der Waals surface area contributed by atoms with E-state index in [0.717, 1.165) is 19.4 Å². The van der Waals surface area contributed by atoms with Crippen molar-refractivity contribution >= 4 is 17.7 Å². The highest BCUT2D eigenvalue weighted by Gasteiger charge is 2.38. The smallest absolute Gasteiger partial charge is 0.241 e. The van der Waals surface area contributed by atoms with Crippen LogP contribution in [0.1, 0.15) is 32.8 Å². The van der Waals surface area contributed by atoms with Gasteiger partial charge in [-0.05, 0) is 45.4 Å². The molecule has 0 saturated carbocycles. The van der Waals surface area contributed by atoms with Crippen LogP contribution in [0.25, 0.3) is 0 Å². The third-order valence-corrected chi connectivity index (χ3v) is 5.39. The lowest BCUT2D eigenvalue weighted by Gasteiger charge is -2.30. The van der Waals surface area contributed by atoms with Crippen LogP contribution in [0.4, 0.5) is 0 Å². The first-order chi connectivity index (χ1) is 9.93. The second kappa shape index (κ2) is 6.84. The van der Waals surface area contributed by atoms with E-state index in [9.17, 15) is 4.79 Å². The summed E-state index contributed by atoms with van der Waals surface area (Å²) >= 11 is 1.81. The summed E-state index contributed by atoms with van der Waals surface area (Å²) in [6, 6.07) is 10.3. The predicted molar refractivity (Wildman–Crippen MR) is 90.5 cm³/mol. The quantitative estimate of drug-likeness (QED) is 0.877. The maximum Gasteiger partial charge on any atom is 0.241 e. The normalized spacial score (nSPS) is 22.9. The molecule has 2 unspecified atom stereocenters. The van der Waals surface area contributed by atoms with Crippen molar-refractivity contribution in [2.24, 2.45) is 0 Å². The summed E-state index contributed by atoms with van der Waals surface area (Å²) in [6.45, 7) is 7.25. The van der Waals surface area contributed by atoms with Crippen LogP contribution in [0.3, 0.4) is 0 Å². The third kappa shape index (κ3) is 4.24. The van der Waals surface area contributed by atoms with Gasteiger partial charge in [0.05, 0.1) is 12.2 Å². The van der Waals surface area contributed by atoms with Gasteiger partial charge >= 0.3 is 0 Å². The lowest BCUT2D eigenvalue weighted by atomic mass is 10.1. The van der Waals surface area contributed by atoms with Gasteiger partial charge in [-0.2, -0.15) is 11.8 Å². The Balaban J connectivity index is 1.93. The van der Waals surface area contributed by atoms with Gasteiger partial charge in [-0.15, -0.1) is 0 Å². The Morgan fingerprint density at radius 1 is 1.29 bits per heavy atom. The van der Waals surface area contributed by atoms with Crippen molar-refractivity contribution in [3.05, 3.63) is 35.9 Å². The summed E-state index contributed by atoms with van der Waals surface area (Å²) < 4.78 is 0.0971. The van der Waals surface area contributed by atoms with Crippen molar-refractivity contribution in [3.8, 4) is 0 Å². The second-order valence-electron chi connectivity index (χ2n) is 6.35. The Labute approximate surface area is 132 Å². The molecule has 1 saturated heterocycles. The van der Waals surface area contributed by atoms with E-state index in [-0.39, 0.29) is 22.9 Å². The van der Waals surface area contributed by atoms with Crippen molar-refractivity contribution in [2.45, 2.75) is 50.6 Å². The molecule has 4 heteroatoms. The highest BCUT2D eigenvalue weighted by atomic mass is 32.2. The topological polar surface area (TPSA) is 32.3 Å². The number of nitrogens with zero attached hydrogens (tertiary/aromatic N) is 1. The van der Waals surface area contributed by atoms with E-state index in [2.05, 4.69) is 56.6 Å². The van der Waals surface area contributed by atoms with Gasteiger partial charge < -0.3 is 4.90 Å². The first-order valence-corrected chi connectivity index (χ1v) is 8.81. The molecule has 3 nitrogen and oxygen atoms in total. The summed E-state index contributed by atoms with van der Waals surface area (Å²) in [5.74, 6) is 0.251. The minimum Gasteiger partial charge on any atom is -0.325 e. The second-order valence-corrected chi connectivity index (χ2v) is 7.86. The third-order valence-electron chi connectivity index (χ3n) is 4.16. The molecule has 1 aromatic carbocycles. The number of rotatable bonds is 6. The van der Waals surface area contributed by atoms with E-state index in [1.165, 1.54) is 5.56 Å². The van der Waals surface area contributed by atoms with Gasteiger partial charge in [-0.1, -0.05) is 30.3 Å². The number of nitrogens with one attached hydrogen (secondary N) is 1. The highest BCUT2D eigenvalue weighted by molar-refractivity contribution is 7.99. The number of carbonyl (C=O) groups excluding carboxylic acids is 1. The summed E-state index contributed by atoms with van der Waals surface area (Å²) in [6.07, 6.45) is 4.04. The number of amides is 1. The van der Waals surface area contributed by atoms with Gasteiger partial charge in [0.1, 0.15) is 0 Å². The minimum absolute atomic E-state index is 0.0436. The Hall–Kier alpha value is -1.00. The molecule has 1 amide bonds. The molecule has 1 aliphatic heterocycles. The van der Waals surface area contributed by atoms with Crippen molar-refractivity contribution < 1.29 is 4.79 Å². The van der Waals surface area contributed by atoms with Gasteiger partial charge in [0.2, 0.25) is 5.91 Å². The molecule has 0 bridgehead atoms. The SMILES string of the molecule is CSC(C)(C)CN1C(=O)C(CCc2ccccc2)NC1C. The Kier molecular flexibility index (Phi) is 5.33. The lowest BCUT2D eigenvalue weighted by Crippen LogP contribution is -2.42. The van der Waals surface area contributed by atoms with Gasteiger partial charge in [0.25, 0.3) is 0 Å². The van der Waals surface area contributed by atoms with Crippen LogP contribution in [-0.4, -0.2) is 40.6 Å². The zero-order valence-electron chi connectivity index (χ0n) is 13.4. The van der Waals surface area contributed by atoms with Gasteiger partial charge in [0, 0.05) is 11.3 Å². The number of benzene rings is 1. The molecule has 1 N–H and O–H groups in total. The van der Waals surface area contributed by atoms with Crippen LogP contribution in [0.15, 0.2) is 30.3 Å². The Bertz CT molecular complexity index is 475. The first-order valence-electron chi connectivity index (χ1n) is 7.58. The van der Waals surface area contributed by atoms with E-state index in [1.807, 2.05) is 22.7 Å². The molecular weight excluding hydrogens is 280 g/mol. The zero-order valence-corrected chi connectivity index (χ0v) is 14.2. The summed E-state index contributed by atoms with van der Waals surface area (Å²) in [5, 5.41) is 3.44. The van der Waals surface area contributed by atoms with Crippen LogP contribution in [0.2, 0.25) is 0 Å². The monoisotopic (exact) mass is 306 g/mol. The number of thioether (sulfide) groups is 1. The molecular formula is C17H26N2OS. The van der Waals surface area contributed by atoms with Crippen molar-refractivity contribution in [3.63, 3.8) is 0 Å². The maximum absolute atomic E-state index is 12.6. The van der Waals surface area contributed by atoms with Crippen molar-refractivity contribution in [2.75, 3.05) is 12.8 Å². The molecule has 2 rings (SSSR count). The Morgan fingerprint density at radius 2 is 1.95 bits per heavy atom. The molecule has 0 spiro atoms. The number of hydrogen-bond donors (Lipinski definition) is 1. The summed E-state index contributed by atoms with van der Waals surface area (Å²) in [7, 11) is 0. The standard InChI is InChI=1S/C17H26N2OS/c1-13-18-15(11-10-14-8-6-5-7-9-14)16(20)19(13)12-17(2,3)21-4/h5-9,13,15,18H,10-12H2,1-4H3. The van der Waals surface area contributed by atoms with Crippen LogP contribution in [0.5, 0.6) is 0 Å². The predicted octanol–water partition coefficient (Wildman–Crippen LogP) is 2.91. The zero-order chi connectivity index (χ0) is 15.5. The summed E-state index contributed by atoms with van der Waals surface area (Å²) in [5.41, 5.74) is 1.29. The lowest BCUT2D eigenvalue weighted by molar-refractivity contribution is -0.130. The largest absolute Gasteiger partial charge is 0.325 e.